The third kappa shape index (κ3) is 6.98. The number of halogens is 3. The number of para-hydroxylation sites is 1. The van der Waals surface area contributed by atoms with E-state index in [2.05, 4.69) is 4.74 Å². The Morgan fingerprint density at radius 3 is 2.35 bits per heavy atom. The van der Waals surface area contributed by atoms with Crippen LogP contribution in [-0.2, 0) is 17.6 Å². The van der Waals surface area contributed by atoms with Crippen LogP contribution in [0.3, 0.4) is 0 Å². The summed E-state index contributed by atoms with van der Waals surface area (Å²) in [7, 11) is 0. The molecule has 26 heavy (non-hydrogen) atoms. The average molecular weight is 385 g/mol. The van der Waals surface area contributed by atoms with Gasteiger partial charge in [-0.15, -0.1) is 12.4 Å². The molecule has 0 fully saturated rings. The maximum atomic E-state index is 12.6. The SMILES string of the molecule is Cl.NCCN(CCc1ccccc1)C(=O)Cc1ccccc1OC(F)F. The summed E-state index contributed by atoms with van der Waals surface area (Å²) in [6, 6.07) is 16.2. The van der Waals surface area contributed by atoms with Gasteiger partial charge in [-0.3, -0.25) is 4.79 Å². The van der Waals surface area contributed by atoms with Gasteiger partial charge in [0.05, 0.1) is 6.42 Å². The summed E-state index contributed by atoms with van der Waals surface area (Å²) in [5.74, 6) is -0.131. The highest BCUT2D eigenvalue weighted by molar-refractivity contribution is 5.85. The predicted octanol–water partition coefficient (Wildman–Crippen LogP) is 3.28. The minimum Gasteiger partial charge on any atom is -0.435 e. The zero-order valence-corrected chi connectivity index (χ0v) is 15.1. The third-order valence-electron chi connectivity index (χ3n) is 3.80. The quantitative estimate of drug-likeness (QED) is 0.721. The summed E-state index contributed by atoms with van der Waals surface area (Å²) >= 11 is 0. The zero-order valence-electron chi connectivity index (χ0n) is 14.3. The summed E-state index contributed by atoms with van der Waals surface area (Å²) in [4.78, 5) is 14.2. The Morgan fingerprint density at radius 2 is 1.69 bits per heavy atom. The van der Waals surface area contributed by atoms with Gasteiger partial charge >= 0.3 is 6.61 Å². The molecule has 2 rings (SSSR count). The van der Waals surface area contributed by atoms with Crippen LogP contribution in [0.4, 0.5) is 8.78 Å². The van der Waals surface area contributed by atoms with Gasteiger partial charge in [-0.25, -0.2) is 0 Å². The van der Waals surface area contributed by atoms with Gasteiger partial charge in [0.1, 0.15) is 5.75 Å². The fourth-order valence-electron chi connectivity index (χ4n) is 2.56. The summed E-state index contributed by atoms with van der Waals surface area (Å²) in [5.41, 5.74) is 7.17. The largest absolute Gasteiger partial charge is 0.435 e. The molecule has 1 amide bonds. The third-order valence-corrected chi connectivity index (χ3v) is 3.80. The fraction of sp³-hybridized carbons (Fsp3) is 0.316. The van der Waals surface area contributed by atoms with Gasteiger partial charge in [-0.2, -0.15) is 8.78 Å². The van der Waals surface area contributed by atoms with Crippen molar-refractivity contribution in [1.82, 2.24) is 4.90 Å². The number of benzene rings is 2. The molecule has 0 aliphatic carbocycles. The molecule has 4 nitrogen and oxygen atoms in total. The van der Waals surface area contributed by atoms with E-state index in [0.29, 0.717) is 31.6 Å². The number of carbonyl (C=O) groups excluding carboxylic acids is 1. The van der Waals surface area contributed by atoms with Crippen LogP contribution in [0.5, 0.6) is 5.75 Å². The molecule has 2 N–H and O–H groups in total. The van der Waals surface area contributed by atoms with E-state index < -0.39 is 6.61 Å². The van der Waals surface area contributed by atoms with E-state index in [0.717, 1.165) is 5.56 Å². The first kappa shape index (κ1) is 21.9. The second-order valence-corrected chi connectivity index (χ2v) is 5.57. The van der Waals surface area contributed by atoms with Gasteiger partial charge < -0.3 is 15.4 Å². The second-order valence-electron chi connectivity index (χ2n) is 5.57. The molecule has 0 aromatic heterocycles. The summed E-state index contributed by atoms with van der Waals surface area (Å²) < 4.78 is 29.5. The van der Waals surface area contributed by atoms with Gasteiger partial charge in [0.2, 0.25) is 5.91 Å². The summed E-state index contributed by atoms with van der Waals surface area (Å²) in [5, 5.41) is 0. The Balaban J connectivity index is 0.00000338. The Labute approximate surface area is 158 Å². The fourth-order valence-corrected chi connectivity index (χ4v) is 2.56. The molecule has 0 saturated carbocycles. The molecule has 0 unspecified atom stereocenters. The number of amides is 1. The Hall–Kier alpha value is -2.18. The lowest BCUT2D eigenvalue weighted by Crippen LogP contribution is -2.38. The van der Waals surface area contributed by atoms with Crippen LogP contribution in [0.1, 0.15) is 11.1 Å². The lowest BCUT2D eigenvalue weighted by atomic mass is 10.1. The number of alkyl halides is 2. The van der Waals surface area contributed by atoms with Crippen molar-refractivity contribution in [3.8, 4) is 5.75 Å². The number of ether oxygens (including phenoxy) is 1. The monoisotopic (exact) mass is 384 g/mol. The van der Waals surface area contributed by atoms with Crippen molar-refractivity contribution in [1.29, 1.82) is 0 Å². The predicted molar refractivity (Wildman–Crippen MR) is 99.8 cm³/mol. The topological polar surface area (TPSA) is 55.6 Å². The van der Waals surface area contributed by atoms with Gasteiger partial charge in [-0.1, -0.05) is 48.5 Å². The number of hydrogen-bond donors (Lipinski definition) is 1. The van der Waals surface area contributed by atoms with Gasteiger partial charge in [0, 0.05) is 25.2 Å². The standard InChI is InChI=1S/C19H22F2N2O2.ClH/c20-19(21)25-17-9-5-4-8-16(17)14-18(24)23(13-11-22)12-10-15-6-2-1-3-7-15;/h1-9,19H,10-14,22H2;1H. The molecule has 0 saturated heterocycles. The van der Waals surface area contributed by atoms with Crippen LogP contribution in [0.15, 0.2) is 54.6 Å². The maximum absolute atomic E-state index is 12.6. The smallest absolute Gasteiger partial charge is 0.387 e. The van der Waals surface area contributed by atoms with E-state index in [1.807, 2.05) is 30.3 Å². The first-order valence-corrected chi connectivity index (χ1v) is 8.14. The average Bonchev–Trinajstić information content (AvgIpc) is 2.60. The van der Waals surface area contributed by atoms with E-state index in [4.69, 9.17) is 5.73 Å². The Morgan fingerprint density at radius 1 is 1.04 bits per heavy atom. The van der Waals surface area contributed by atoms with Gasteiger partial charge in [-0.05, 0) is 18.1 Å². The second kappa shape index (κ2) is 11.4. The molecule has 2 aromatic carbocycles. The number of carbonyl (C=O) groups is 1. The highest BCUT2D eigenvalue weighted by atomic mass is 35.5. The molecule has 142 valence electrons. The lowest BCUT2D eigenvalue weighted by molar-refractivity contribution is -0.130. The highest BCUT2D eigenvalue weighted by Gasteiger charge is 2.17. The van der Waals surface area contributed by atoms with Crippen LogP contribution in [-0.4, -0.2) is 37.1 Å². The molecule has 0 atom stereocenters. The molecule has 0 bridgehead atoms. The number of nitrogens with two attached hydrogens (primary N) is 1. The van der Waals surface area contributed by atoms with Crippen molar-refractivity contribution in [2.45, 2.75) is 19.5 Å². The molecule has 0 aliphatic rings. The zero-order chi connectivity index (χ0) is 18.1. The lowest BCUT2D eigenvalue weighted by Gasteiger charge is -2.23. The van der Waals surface area contributed by atoms with E-state index in [9.17, 15) is 13.6 Å². The van der Waals surface area contributed by atoms with Crippen LogP contribution < -0.4 is 10.5 Å². The first-order valence-electron chi connectivity index (χ1n) is 8.14. The van der Waals surface area contributed by atoms with Crippen molar-refractivity contribution < 1.29 is 18.3 Å². The number of rotatable bonds is 9. The molecule has 0 heterocycles. The van der Waals surface area contributed by atoms with Crippen LogP contribution in [0.2, 0.25) is 0 Å². The number of hydrogen-bond acceptors (Lipinski definition) is 3. The van der Waals surface area contributed by atoms with Crippen molar-refractivity contribution in [2.24, 2.45) is 5.73 Å². The minimum atomic E-state index is -2.92. The molecule has 0 aliphatic heterocycles. The van der Waals surface area contributed by atoms with Crippen molar-refractivity contribution >= 4 is 18.3 Å². The Bertz CT molecular complexity index is 672. The van der Waals surface area contributed by atoms with E-state index in [1.54, 1.807) is 23.1 Å². The summed E-state index contributed by atoms with van der Waals surface area (Å²) in [6.07, 6.45) is 0.708. The van der Waals surface area contributed by atoms with Crippen LogP contribution in [0, 0.1) is 0 Å². The van der Waals surface area contributed by atoms with Crippen molar-refractivity contribution in [3.63, 3.8) is 0 Å². The van der Waals surface area contributed by atoms with Gasteiger partial charge in [0.15, 0.2) is 0 Å². The van der Waals surface area contributed by atoms with Crippen molar-refractivity contribution in [2.75, 3.05) is 19.6 Å². The minimum absolute atomic E-state index is 0. The van der Waals surface area contributed by atoms with E-state index in [-0.39, 0.29) is 30.5 Å². The molecule has 0 radical (unpaired) electrons. The maximum Gasteiger partial charge on any atom is 0.387 e. The van der Waals surface area contributed by atoms with Crippen molar-refractivity contribution in [3.05, 3.63) is 65.7 Å². The molecule has 2 aromatic rings. The molecular formula is C19H23ClF2N2O2. The molecular weight excluding hydrogens is 362 g/mol. The van der Waals surface area contributed by atoms with Gasteiger partial charge in [0.25, 0.3) is 0 Å². The molecule has 7 heteroatoms. The normalized spacial score (nSPS) is 10.3. The van der Waals surface area contributed by atoms with E-state index in [1.165, 1.54) is 6.07 Å². The molecule has 0 spiro atoms. The number of nitrogens with zero attached hydrogens (tertiary/aromatic N) is 1. The van der Waals surface area contributed by atoms with E-state index >= 15 is 0 Å². The van der Waals surface area contributed by atoms with Crippen LogP contribution >= 0.6 is 12.4 Å². The van der Waals surface area contributed by atoms with Crippen LogP contribution in [0.25, 0.3) is 0 Å². The summed E-state index contributed by atoms with van der Waals surface area (Å²) in [6.45, 7) is -1.63. The first-order chi connectivity index (χ1) is 12.1. The Kier molecular flexibility index (Phi) is 9.62. The highest BCUT2D eigenvalue weighted by Crippen LogP contribution is 2.21.